The number of aromatic nitrogens is 4. The number of pyridine rings is 1. The van der Waals surface area contributed by atoms with E-state index in [1.165, 1.54) is 6.21 Å². The molecule has 36 heavy (non-hydrogen) atoms. The lowest BCUT2D eigenvalue weighted by Crippen LogP contribution is -2.38. The normalized spacial score (nSPS) is 14.4. The highest BCUT2D eigenvalue weighted by atomic mass is 16.5. The molecule has 1 fully saturated rings. The van der Waals surface area contributed by atoms with Crippen molar-refractivity contribution in [2.75, 3.05) is 25.0 Å². The van der Waals surface area contributed by atoms with Crippen molar-refractivity contribution in [1.82, 2.24) is 24.9 Å². The van der Waals surface area contributed by atoms with Crippen molar-refractivity contribution in [3.05, 3.63) is 78.5 Å². The van der Waals surface area contributed by atoms with Crippen molar-refractivity contribution < 1.29 is 4.74 Å². The van der Waals surface area contributed by atoms with Crippen molar-refractivity contribution in [2.24, 2.45) is 0 Å². The smallest absolute Gasteiger partial charge is 0.128 e. The Kier molecular flexibility index (Phi) is 6.58. The van der Waals surface area contributed by atoms with Crippen LogP contribution in [-0.4, -0.2) is 52.0 Å². The van der Waals surface area contributed by atoms with Crippen molar-refractivity contribution in [3.8, 4) is 23.1 Å². The van der Waals surface area contributed by atoms with Gasteiger partial charge in [0.1, 0.15) is 17.7 Å². The van der Waals surface area contributed by atoms with Crippen molar-refractivity contribution in [1.29, 1.82) is 10.7 Å². The maximum atomic E-state index is 8.95. The molecule has 0 amide bonds. The Bertz CT molecular complexity index is 1430. The van der Waals surface area contributed by atoms with Crippen molar-refractivity contribution in [2.45, 2.75) is 18.9 Å². The van der Waals surface area contributed by atoms with E-state index < -0.39 is 0 Å². The number of hydrogen-bond acceptors (Lipinski definition) is 8. The molecule has 4 aromatic rings. The van der Waals surface area contributed by atoms with Crippen LogP contribution in [0.2, 0.25) is 0 Å². The molecule has 0 spiro atoms. The Hall–Kier alpha value is -4.71. The largest absolute Gasteiger partial charge is 0.490 e. The molecule has 1 aliphatic heterocycles. The van der Waals surface area contributed by atoms with Crippen LogP contribution in [-0.2, 0) is 0 Å². The number of anilines is 1. The molecule has 180 valence electrons. The first kappa shape index (κ1) is 23.1. The summed E-state index contributed by atoms with van der Waals surface area (Å²) in [4.78, 5) is 11.8. The van der Waals surface area contributed by atoms with Gasteiger partial charge in [0.15, 0.2) is 0 Å². The average molecular weight is 479 g/mol. The summed E-state index contributed by atoms with van der Waals surface area (Å²) in [7, 11) is 1.79. The Morgan fingerprint density at radius 3 is 2.64 bits per heavy atom. The zero-order valence-electron chi connectivity index (χ0n) is 19.9. The minimum Gasteiger partial charge on any atom is -0.490 e. The van der Waals surface area contributed by atoms with Crippen LogP contribution in [0.4, 0.5) is 5.82 Å². The predicted molar refractivity (Wildman–Crippen MR) is 139 cm³/mol. The first-order chi connectivity index (χ1) is 17.7. The van der Waals surface area contributed by atoms with Crippen LogP contribution in [0.3, 0.4) is 0 Å². The summed E-state index contributed by atoms with van der Waals surface area (Å²) >= 11 is 0. The molecule has 1 saturated heterocycles. The number of hydrogen-bond donors (Lipinski definition) is 2. The van der Waals surface area contributed by atoms with Gasteiger partial charge in [-0.05, 0) is 42.5 Å². The summed E-state index contributed by atoms with van der Waals surface area (Å²) in [6.45, 7) is 1.71. The molecule has 0 radical (unpaired) electrons. The summed E-state index contributed by atoms with van der Waals surface area (Å²) in [6.07, 6.45) is 10.4. The van der Waals surface area contributed by atoms with Gasteiger partial charge in [0.25, 0.3) is 0 Å². The van der Waals surface area contributed by atoms with Gasteiger partial charge >= 0.3 is 0 Å². The van der Waals surface area contributed by atoms with Crippen molar-refractivity contribution in [3.63, 3.8) is 0 Å². The highest BCUT2D eigenvalue weighted by molar-refractivity contribution is 6.07. The quantitative estimate of drug-likeness (QED) is 0.387. The SMILES string of the molecule is CN/C=C(\C=N)c1cn2nccc2c(-c2ccc(N3CCC(Oc4ccc(C#N)cc4)CC3)nc2)n1. The fraction of sp³-hybridized carbons (Fsp3) is 0.222. The third-order valence-electron chi connectivity index (χ3n) is 6.21. The summed E-state index contributed by atoms with van der Waals surface area (Å²) < 4.78 is 7.88. The van der Waals surface area contributed by atoms with Gasteiger partial charge in [-0.2, -0.15) is 10.4 Å². The van der Waals surface area contributed by atoms with Crippen LogP contribution in [0, 0.1) is 16.7 Å². The first-order valence-corrected chi connectivity index (χ1v) is 11.8. The summed E-state index contributed by atoms with van der Waals surface area (Å²) in [5, 5.41) is 24.0. The topological polar surface area (TPSA) is 115 Å². The summed E-state index contributed by atoms with van der Waals surface area (Å²) in [6, 6.07) is 15.4. The molecule has 0 bridgehead atoms. The lowest BCUT2D eigenvalue weighted by Gasteiger charge is -2.33. The lowest BCUT2D eigenvalue weighted by atomic mass is 10.1. The fourth-order valence-corrected chi connectivity index (χ4v) is 4.34. The number of nitrogens with zero attached hydrogens (tertiary/aromatic N) is 6. The third kappa shape index (κ3) is 4.74. The minimum absolute atomic E-state index is 0.143. The second-order valence-electron chi connectivity index (χ2n) is 8.51. The molecule has 5 rings (SSSR count). The number of nitrogens with one attached hydrogen (secondary N) is 2. The lowest BCUT2D eigenvalue weighted by molar-refractivity contribution is 0.170. The summed E-state index contributed by atoms with van der Waals surface area (Å²) in [5.41, 5.74) is 4.47. The molecule has 9 heteroatoms. The number of allylic oxidation sites excluding steroid dienone is 1. The molecule has 0 aliphatic carbocycles. The number of nitriles is 1. The predicted octanol–water partition coefficient (Wildman–Crippen LogP) is 3.92. The van der Waals surface area contributed by atoms with E-state index in [0.717, 1.165) is 54.3 Å². The number of fused-ring (bicyclic) bond motifs is 1. The molecule has 0 unspecified atom stereocenters. The minimum atomic E-state index is 0.143. The summed E-state index contributed by atoms with van der Waals surface area (Å²) in [5.74, 6) is 1.72. The zero-order valence-corrected chi connectivity index (χ0v) is 19.9. The van der Waals surface area contributed by atoms with Crippen LogP contribution < -0.4 is 15.0 Å². The number of ether oxygens (including phenoxy) is 1. The van der Waals surface area contributed by atoms with E-state index in [2.05, 4.69) is 21.4 Å². The van der Waals surface area contributed by atoms with Gasteiger partial charge in [-0.1, -0.05) is 0 Å². The molecule has 0 atom stereocenters. The number of rotatable bonds is 7. The van der Waals surface area contributed by atoms with Crippen LogP contribution in [0.1, 0.15) is 24.1 Å². The van der Waals surface area contributed by atoms with E-state index in [1.54, 1.807) is 36.1 Å². The molecular formula is C27H26N8O. The second kappa shape index (κ2) is 10.3. The van der Waals surface area contributed by atoms with Gasteiger partial charge < -0.3 is 20.4 Å². The average Bonchev–Trinajstić information content (AvgIpc) is 3.41. The highest BCUT2D eigenvalue weighted by Gasteiger charge is 2.22. The van der Waals surface area contributed by atoms with Gasteiger partial charge in [0.05, 0.1) is 40.9 Å². The van der Waals surface area contributed by atoms with E-state index >= 15 is 0 Å². The molecule has 0 saturated carbocycles. The van der Waals surface area contributed by atoms with Gasteiger partial charge in [-0.3, -0.25) is 0 Å². The van der Waals surface area contributed by atoms with E-state index in [1.807, 2.05) is 42.7 Å². The molecule has 4 heterocycles. The Morgan fingerprint density at radius 2 is 1.97 bits per heavy atom. The van der Waals surface area contributed by atoms with E-state index in [-0.39, 0.29) is 6.10 Å². The molecular weight excluding hydrogens is 452 g/mol. The standard InChI is InChI=1S/C27H26N8O/c1-30-16-21(15-29)24-18-35-25(8-11-32-35)27(33-24)20-4-7-26(31-17-20)34-12-9-23(10-13-34)36-22-5-2-19(14-28)3-6-22/h2-8,11,15-18,23,29-30H,9-10,12-13H2,1H3/b21-16+,29-15?. The molecule has 1 aromatic carbocycles. The Morgan fingerprint density at radius 1 is 1.17 bits per heavy atom. The monoisotopic (exact) mass is 478 g/mol. The zero-order chi connectivity index (χ0) is 24.9. The van der Waals surface area contributed by atoms with E-state index in [9.17, 15) is 0 Å². The van der Waals surface area contributed by atoms with Crippen LogP contribution in [0.25, 0.3) is 22.3 Å². The van der Waals surface area contributed by atoms with Crippen LogP contribution in [0.5, 0.6) is 5.75 Å². The van der Waals surface area contributed by atoms with Gasteiger partial charge in [-0.25, -0.2) is 14.5 Å². The molecule has 1 aliphatic rings. The molecule has 2 N–H and O–H groups in total. The van der Waals surface area contributed by atoms with E-state index in [0.29, 0.717) is 16.8 Å². The number of benzene rings is 1. The molecule has 3 aromatic heterocycles. The maximum Gasteiger partial charge on any atom is 0.128 e. The van der Waals surface area contributed by atoms with Crippen LogP contribution in [0.15, 0.2) is 67.3 Å². The first-order valence-electron chi connectivity index (χ1n) is 11.8. The van der Waals surface area contributed by atoms with Gasteiger partial charge in [-0.15, -0.1) is 0 Å². The Labute approximate surface area is 209 Å². The molecule has 9 nitrogen and oxygen atoms in total. The van der Waals surface area contributed by atoms with E-state index in [4.69, 9.17) is 25.4 Å². The van der Waals surface area contributed by atoms with Gasteiger partial charge in [0, 0.05) is 62.7 Å². The number of piperidine rings is 1. The Balaban J connectivity index is 1.30. The third-order valence-corrected chi connectivity index (χ3v) is 6.21. The van der Waals surface area contributed by atoms with Gasteiger partial charge in [0.2, 0.25) is 0 Å². The highest BCUT2D eigenvalue weighted by Crippen LogP contribution is 2.27. The van der Waals surface area contributed by atoms with Crippen LogP contribution >= 0.6 is 0 Å². The second-order valence-corrected chi connectivity index (χ2v) is 8.51. The maximum absolute atomic E-state index is 8.95. The van der Waals surface area contributed by atoms with Crippen molar-refractivity contribution >= 4 is 23.1 Å². The fourth-order valence-electron chi connectivity index (χ4n) is 4.34.